The van der Waals surface area contributed by atoms with Crippen LogP contribution < -0.4 is 5.32 Å². The van der Waals surface area contributed by atoms with Gasteiger partial charge in [-0.1, -0.05) is 31.4 Å². The van der Waals surface area contributed by atoms with Crippen molar-refractivity contribution in [3.63, 3.8) is 0 Å². The Kier molecular flexibility index (Phi) is 8.19. The summed E-state index contributed by atoms with van der Waals surface area (Å²) in [6.07, 6.45) is 7.38. The molecule has 0 spiro atoms. The fourth-order valence-corrected chi connectivity index (χ4v) is 5.71. The highest BCUT2D eigenvalue weighted by Crippen LogP contribution is 2.25. The van der Waals surface area contributed by atoms with Gasteiger partial charge in [0.2, 0.25) is 15.9 Å². The number of sulfonamides is 1. The first-order chi connectivity index (χ1) is 14.3. The van der Waals surface area contributed by atoms with E-state index in [4.69, 9.17) is 0 Å². The van der Waals surface area contributed by atoms with Crippen LogP contribution in [0.5, 0.6) is 0 Å². The summed E-state index contributed by atoms with van der Waals surface area (Å²) in [6, 6.07) is 7.31. The second-order valence-electron chi connectivity index (χ2n) is 8.05. The third-order valence-electron chi connectivity index (χ3n) is 5.78. The number of piperazine rings is 1. The van der Waals surface area contributed by atoms with E-state index in [0.29, 0.717) is 37.7 Å². The molecule has 3 rings (SSSR count). The molecule has 1 N–H and O–H groups in total. The van der Waals surface area contributed by atoms with Crippen molar-refractivity contribution >= 4 is 33.6 Å². The van der Waals surface area contributed by atoms with E-state index in [1.807, 2.05) is 18.2 Å². The Labute approximate surface area is 183 Å². The summed E-state index contributed by atoms with van der Waals surface area (Å²) < 4.78 is 24.7. The molecule has 0 radical (unpaired) electrons. The number of benzene rings is 1. The highest BCUT2D eigenvalue weighted by molar-refractivity contribution is 8.00. The van der Waals surface area contributed by atoms with Crippen LogP contribution in [-0.4, -0.2) is 74.2 Å². The maximum absolute atomic E-state index is 13.0. The summed E-state index contributed by atoms with van der Waals surface area (Å²) in [6.45, 7) is 2.09. The molecule has 0 atom stereocenters. The van der Waals surface area contributed by atoms with Gasteiger partial charge in [0.15, 0.2) is 0 Å². The molecule has 1 aromatic carbocycles. The van der Waals surface area contributed by atoms with Gasteiger partial charge in [-0.05, 0) is 30.9 Å². The summed E-state index contributed by atoms with van der Waals surface area (Å²) in [5.74, 6) is 0.745. The van der Waals surface area contributed by atoms with Crippen LogP contribution in [0.15, 0.2) is 29.2 Å². The Bertz CT molecular complexity index is 846. The number of carbonyl (C=O) groups excluding carboxylic acids is 2. The Morgan fingerprint density at radius 1 is 1.07 bits per heavy atom. The molecular weight excluding hydrogens is 422 g/mol. The summed E-state index contributed by atoms with van der Waals surface area (Å²) in [5, 5.41) is 3.04. The first kappa shape index (κ1) is 23.1. The van der Waals surface area contributed by atoms with Crippen molar-refractivity contribution in [1.82, 2.24) is 14.5 Å². The highest BCUT2D eigenvalue weighted by Gasteiger charge is 2.27. The fraction of sp³-hybridized carbons (Fsp3) is 0.619. The lowest BCUT2D eigenvalue weighted by molar-refractivity contribution is -0.118. The molecule has 2 aliphatic rings. The zero-order chi connectivity index (χ0) is 21.6. The van der Waals surface area contributed by atoms with Crippen molar-refractivity contribution in [2.24, 2.45) is 5.92 Å². The zero-order valence-corrected chi connectivity index (χ0v) is 19.1. The van der Waals surface area contributed by atoms with E-state index in [1.165, 1.54) is 54.4 Å². The number of nitrogens with one attached hydrogen (secondary N) is 1. The lowest BCUT2D eigenvalue weighted by Crippen LogP contribution is -2.50. The molecule has 1 aromatic rings. The van der Waals surface area contributed by atoms with Gasteiger partial charge in [0.05, 0.1) is 17.6 Å². The van der Waals surface area contributed by atoms with Gasteiger partial charge >= 0.3 is 0 Å². The van der Waals surface area contributed by atoms with Gasteiger partial charge in [-0.2, -0.15) is 4.31 Å². The zero-order valence-electron chi connectivity index (χ0n) is 17.5. The lowest BCUT2D eigenvalue weighted by Gasteiger charge is -2.33. The monoisotopic (exact) mass is 453 g/mol. The average Bonchev–Trinajstić information content (AvgIpc) is 2.76. The van der Waals surface area contributed by atoms with Gasteiger partial charge in [-0.3, -0.25) is 9.59 Å². The van der Waals surface area contributed by atoms with Crippen LogP contribution >= 0.6 is 11.8 Å². The largest absolute Gasteiger partial charge is 0.355 e. The number of nitrogens with zero attached hydrogens (tertiary/aromatic N) is 2. The maximum atomic E-state index is 13.0. The summed E-state index contributed by atoms with van der Waals surface area (Å²) in [5.41, 5.74) is 0.565. The molecule has 2 fully saturated rings. The molecule has 1 saturated carbocycles. The number of hydrogen-bond donors (Lipinski definition) is 1. The molecule has 1 aliphatic carbocycles. The van der Waals surface area contributed by atoms with Gasteiger partial charge in [-0.25, -0.2) is 8.42 Å². The second-order valence-corrected chi connectivity index (χ2v) is 11.0. The predicted octanol–water partition coefficient (Wildman–Crippen LogP) is 2.19. The molecular formula is C21H31N3O4S2. The predicted molar refractivity (Wildman–Crippen MR) is 119 cm³/mol. The second kappa shape index (κ2) is 10.6. The van der Waals surface area contributed by atoms with E-state index in [0.717, 1.165) is 11.4 Å². The van der Waals surface area contributed by atoms with Gasteiger partial charge < -0.3 is 10.2 Å². The Morgan fingerprint density at radius 3 is 2.40 bits per heavy atom. The molecule has 9 heteroatoms. The smallest absolute Gasteiger partial charge is 0.255 e. The number of carbonyl (C=O) groups is 2. The SMILES string of the molecule is CS(=O)(=O)N1CCN(C(=O)c2ccccc2SCC(=O)NCC2CCCCC2)CC1. The molecule has 1 aliphatic heterocycles. The normalized spacial score (nSPS) is 18.9. The van der Waals surface area contributed by atoms with E-state index in [2.05, 4.69) is 5.32 Å². The fourth-order valence-electron chi connectivity index (χ4n) is 4.01. The number of thioether (sulfide) groups is 1. The van der Waals surface area contributed by atoms with Gasteiger partial charge in [-0.15, -0.1) is 11.8 Å². The molecule has 2 amide bonds. The third kappa shape index (κ3) is 6.46. The molecule has 7 nitrogen and oxygen atoms in total. The standard InChI is InChI=1S/C21H31N3O4S2/c1-30(27,28)24-13-11-23(12-14-24)21(26)18-9-5-6-10-19(18)29-16-20(25)22-15-17-7-3-2-4-8-17/h5-6,9-10,17H,2-4,7-8,11-16H2,1H3,(H,22,25). The Hall–Kier alpha value is -1.58. The molecule has 166 valence electrons. The van der Waals surface area contributed by atoms with E-state index >= 15 is 0 Å². The van der Waals surface area contributed by atoms with Crippen LogP contribution in [0.1, 0.15) is 42.5 Å². The Balaban J connectivity index is 1.52. The van der Waals surface area contributed by atoms with E-state index in [1.54, 1.807) is 11.0 Å². The minimum absolute atomic E-state index is 0.00501. The number of rotatable bonds is 7. The van der Waals surface area contributed by atoms with Crippen molar-refractivity contribution < 1.29 is 18.0 Å². The van der Waals surface area contributed by atoms with E-state index < -0.39 is 10.0 Å². The topological polar surface area (TPSA) is 86.8 Å². The van der Waals surface area contributed by atoms with Gasteiger partial charge in [0.1, 0.15) is 0 Å². The number of amides is 2. The quantitative estimate of drug-likeness (QED) is 0.640. The average molecular weight is 454 g/mol. The van der Waals surface area contributed by atoms with Crippen LogP contribution in [0, 0.1) is 5.92 Å². The van der Waals surface area contributed by atoms with E-state index in [9.17, 15) is 18.0 Å². The van der Waals surface area contributed by atoms with Crippen molar-refractivity contribution in [1.29, 1.82) is 0 Å². The van der Waals surface area contributed by atoms with Crippen LogP contribution in [-0.2, 0) is 14.8 Å². The third-order valence-corrected chi connectivity index (χ3v) is 8.16. The Morgan fingerprint density at radius 2 is 1.73 bits per heavy atom. The molecule has 1 saturated heterocycles. The molecule has 0 aromatic heterocycles. The lowest BCUT2D eigenvalue weighted by atomic mass is 9.89. The van der Waals surface area contributed by atoms with Crippen molar-refractivity contribution in [3.8, 4) is 0 Å². The minimum Gasteiger partial charge on any atom is -0.355 e. The summed E-state index contributed by atoms with van der Waals surface area (Å²) in [7, 11) is -3.23. The molecule has 0 bridgehead atoms. The summed E-state index contributed by atoms with van der Waals surface area (Å²) >= 11 is 1.37. The van der Waals surface area contributed by atoms with Crippen LogP contribution in [0.25, 0.3) is 0 Å². The number of hydrogen-bond acceptors (Lipinski definition) is 5. The first-order valence-electron chi connectivity index (χ1n) is 10.6. The van der Waals surface area contributed by atoms with E-state index in [-0.39, 0.29) is 17.6 Å². The van der Waals surface area contributed by atoms with Crippen LogP contribution in [0.2, 0.25) is 0 Å². The first-order valence-corrected chi connectivity index (χ1v) is 13.4. The van der Waals surface area contributed by atoms with Crippen molar-refractivity contribution in [3.05, 3.63) is 29.8 Å². The maximum Gasteiger partial charge on any atom is 0.255 e. The molecule has 1 heterocycles. The van der Waals surface area contributed by atoms with Gasteiger partial charge in [0, 0.05) is 37.6 Å². The van der Waals surface area contributed by atoms with Crippen LogP contribution in [0.3, 0.4) is 0 Å². The van der Waals surface area contributed by atoms with Gasteiger partial charge in [0.25, 0.3) is 5.91 Å². The van der Waals surface area contributed by atoms with Crippen molar-refractivity contribution in [2.45, 2.75) is 37.0 Å². The minimum atomic E-state index is -3.23. The molecule has 30 heavy (non-hydrogen) atoms. The highest BCUT2D eigenvalue weighted by atomic mass is 32.2. The van der Waals surface area contributed by atoms with Crippen LogP contribution in [0.4, 0.5) is 0 Å². The summed E-state index contributed by atoms with van der Waals surface area (Å²) in [4.78, 5) is 27.7. The molecule has 0 unspecified atom stereocenters. The van der Waals surface area contributed by atoms with Crippen molar-refractivity contribution in [2.75, 3.05) is 44.7 Å².